The number of hydrogen-bond donors (Lipinski definition) is 1. The van der Waals surface area contributed by atoms with Crippen LogP contribution < -0.4 is 5.73 Å². The second kappa shape index (κ2) is 3.17. The first-order valence-electron chi connectivity index (χ1n) is 4.51. The van der Waals surface area contributed by atoms with E-state index in [1.807, 2.05) is 13.0 Å². The molecule has 14 heavy (non-hydrogen) atoms. The number of hydrazone groups is 1. The number of amidine groups is 1. The van der Waals surface area contributed by atoms with Gasteiger partial charge >= 0.3 is 0 Å². The molecule has 0 saturated carbocycles. The van der Waals surface area contributed by atoms with Gasteiger partial charge in [0.1, 0.15) is 6.54 Å². The van der Waals surface area contributed by atoms with Crippen LogP contribution in [-0.4, -0.2) is 34.7 Å². The van der Waals surface area contributed by atoms with Gasteiger partial charge in [-0.05, 0) is 19.1 Å². The SMILES string of the molecule is CCN1N=C2C=CC(N)=CN2CC1=O. The molecule has 0 aromatic carbocycles. The average Bonchev–Trinajstić information content (AvgIpc) is 2.16. The Kier molecular flexibility index (Phi) is 1.99. The minimum Gasteiger partial charge on any atom is -0.398 e. The highest BCUT2D eigenvalue weighted by Crippen LogP contribution is 2.12. The predicted molar refractivity (Wildman–Crippen MR) is 52.9 cm³/mol. The highest BCUT2D eigenvalue weighted by atomic mass is 16.2. The first kappa shape index (κ1) is 8.80. The zero-order valence-corrected chi connectivity index (χ0v) is 7.97. The maximum Gasteiger partial charge on any atom is 0.262 e. The Morgan fingerprint density at radius 3 is 3.07 bits per heavy atom. The molecule has 0 bridgehead atoms. The van der Waals surface area contributed by atoms with Crippen LogP contribution in [0, 0.1) is 0 Å². The Morgan fingerprint density at radius 1 is 1.57 bits per heavy atom. The average molecular weight is 192 g/mol. The number of hydrogen-bond acceptors (Lipinski definition) is 4. The lowest BCUT2D eigenvalue weighted by Crippen LogP contribution is -2.45. The maximum atomic E-state index is 11.5. The molecule has 0 spiro atoms. The van der Waals surface area contributed by atoms with Crippen LogP contribution in [0.1, 0.15) is 6.92 Å². The fraction of sp³-hybridized carbons (Fsp3) is 0.333. The van der Waals surface area contributed by atoms with Crippen molar-refractivity contribution < 1.29 is 4.79 Å². The van der Waals surface area contributed by atoms with Crippen LogP contribution in [0.5, 0.6) is 0 Å². The third kappa shape index (κ3) is 1.37. The van der Waals surface area contributed by atoms with Gasteiger partial charge < -0.3 is 10.6 Å². The number of carbonyl (C=O) groups excluding carboxylic acids is 1. The summed E-state index contributed by atoms with van der Waals surface area (Å²) in [5, 5.41) is 5.64. The zero-order chi connectivity index (χ0) is 10.1. The second-order valence-corrected chi connectivity index (χ2v) is 3.16. The molecule has 1 amide bonds. The first-order chi connectivity index (χ1) is 6.70. The lowest BCUT2D eigenvalue weighted by Gasteiger charge is -2.30. The van der Waals surface area contributed by atoms with Gasteiger partial charge in [0.2, 0.25) is 0 Å². The van der Waals surface area contributed by atoms with Gasteiger partial charge in [-0.15, -0.1) is 0 Å². The topological polar surface area (TPSA) is 61.9 Å². The van der Waals surface area contributed by atoms with E-state index in [2.05, 4.69) is 5.10 Å². The molecule has 2 aliphatic heterocycles. The summed E-state index contributed by atoms with van der Waals surface area (Å²) in [4.78, 5) is 13.2. The molecular weight excluding hydrogens is 180 g/mol. The van der Waals surface area contributed by atoms with E-state index >= 15 is 0 Å². The summed E-state index contributed by atoms with van der Waals surface area (Å²) in [5.74, 6) is 0.760. The normalized spacial score (nSPS) is 20.5. The van der Waals surface area contributed by atoms with Gasteiger partial charge in [0.05, 0.1) is 0 Å². The van der Waals surface area contributed by atoms with Crippen molar-refractivity contribution in [2.45, 2.75) is 6.92 Å². The summed E-state index contributed by atoms with van der Waals surface area (Å²) in [6, 6.07) is 0. The third-order valence-corrected chi connectivity index (χ3v) is 2.14. The van der Waals surface area contributed by atoms with Gasteiger partial charge in [0.25, 0.3) is 5.91 Å². The van der Waals surface area contributed by atoms with E-state index < -0.39 is 0 Å². The van der Waals surface area contributed by atoms with Crippen LogP contribution in [0.3, 0.4) is 0 Å². The lowest BCUT2D eigenvalue weighted by atomic mass is 10.2. The van der Waals surface area contributed by atoms with Crippen molar-refractivity contribution in [2.24, 2.45) is 10.8 Å². The summed E-state index contributed by atoms with van der Waals surface area (Å²) >= 11 is 0. The van der Waals surface area contributed by atoms with Crippen molar-refractivity contribution in [2.75, 3.05) is 13.1 Å². The van der Waals surface area contributed by atoms with Crippen LogP contribution in [-0.2, 0) is 4.79 Å². The summed E-state index contributed by atoms with van der Waals surface area (Å²) < 4.78 is 0. The van der Waals surface area contributed by atoms with Crippen LogP contribution in [0.25, 0.3) is 0 Å². The maximum absolute atomic E-state index is 11.5. The van der Waals surface area contributed by atoms with Gasteiger partial charge in [-0.25, -0.2) is 5.01 Å². The molecule has 0 radical (unpaired) electrons. The van der Waals surface area contributed by atoms with Gasteiger partial charge in [-0.2, -0.15) is 5.10 Å². The number of fused-ring (bicyclic) bond motifs is 1. The molecule has 0 unspecified atom stereocenters. The Hall–Kier alpha value is -1.78. The molecule has 0 aliphatic carbocycles. The fourth-order valence-corrected chi connectivity index (χ4v) is 1.43. The van der Waals surface area contributed by atoms with E-state index in [1.54, 1.807) is 17.2 Å². The Bertz CT molecular complexity index is 356. The number of nitrogens with two attached hydrogens (primary N) is 1. The van der Waals surface area contributed by atoms with E-state index in [1.165, 1.54) is 5.01 Å². The van der Waals surface area contributed by atoms with Crippen molar-refractivity contribution in [3.8, 4) is 0 Å². The van der Waals surface area contributed by atoms with Crippen LogP contribution >= 0.6 is 0 Å². The zero-order valence-electron chi connectivity index (χ0n) is 7.97. The molecule has 0 aromatic heterocycles. The molecule has 0 aromatic rings. The quantitative estimate of drug-likeness (QED) is 0.627. The summed E-state index contributed by atoms with van der Waals surface area (Å²) in [6.07, 6.45) is 5.31. The Labute approximate surface area is 82.2 Å². The van der Waals surface area contributed by atoms with Gasteiger partial charge in [0.15, 0.2) is 5.84 Å². The number of rotatable bonds is 1. The lowest BCUT2D eigenvalue weighted by molar-refractivity contribution is -0.132. The molecule has 2 N–H and O–H groups in total. The third-order valence-electron chi connectivity index (χ3n) is 2.14. The molecule has 2 heterocycles. The van der Waals surface area contributed by atoms with E-state index in [9.17, 15) is 4.79 Å². The smallest absolute Gasteiger partial charge is 0.262 e. The monoisotopic (exact) mass is 192 g/mol. The van der Waals surface area contributed by atoms with Crippen molar-refractivity contribution >= 4 is 11.7 Å². The molecule has 0 saturated heterocycles. The molecule has 0 fully saturated rings. The largest absolute Gasteiger partial charge is 0.398 e. The first-order valence-corrected chi connectivity index (χ1v) is 4.51. The van der Waals surface area contributed by atoms with Gasteiger partial charge in [0, 0.05) is 18.4 Å². The minimum absolute atomic E-state index is 0.00407. The molecule has 2 aliphatic rings. The standard InChI is InChI=1S/C9H12N4O/c1-2-13-9(14)6-12-5-7(10)3-4-8(12)11-13/h3-5H,2,6,10H2,1H3. The number of carbonyl (C=O) groups is 1. The van der Waals surface area contributed by atoms with Crippen molar-refractivity contribution in [1.29, 1.82) is 0 Å². The molecule has 0 atom stereocenters. The van der Waals surface area contributed by atoms with Gasteiger partial charge in [-0.3, -0.25) is 4.79 Å². The molecule has 5 heteroatoms. The van der Waals surface area contributed by atoms with Crippen LogP contribution in [0.2, 0.25) is 0 Å². The van der Waals surface area contributed by atoms with E-state index in [4.69, 9.17) is 5.73 Å². The molecule has 5 nitrogen and oxygen atoms in total. The molecule has 74 valence electrons. The number of amides is 1. The Morgan fingerprint density at radius 2 is 2.36 bits per heavy atom. The van der Waals surface area contributed by atoms with E-state index in [0.717, 1.165) is 5.84 Å². The van der Waals surface area contributed by atoms with Crippen LogP contribution in [0.15, 0.2) is 29.2 Å². The predicted octanol–water partition coefficient (Wildman–Crippen LogP) is -0.166. The summed E-state index contributed by atoms with van der Waals surface area (Å²) in [6.45, 7) is 2.81. The van der Waals surface area contributed by atoms with Crippen molar-refractivity contribution in [3.05, 3.63) is 24.0 Å². The number of likely N-dealkylation sites (N-methyl/N-ethyl adjacent to an activating group) is 1. The second-order valence-electron chi connectivity index (χ2n) is 3.16. The van der Waals surface area contributed by atoms with E-state index in [0.29, 0.717) is 18.8 Å². The highest BCUT2D eigenvalue weighted by Gasteiger charge is 2.24. The number of allylic oxidation sites excluding steroid dienone is 1. The van der Waals surface area contributed by atoms with Gasteiger partial charge in [-0.1, -0.05) is 0 Å². The van der Waals surface area contributed by atoms with Crippen LogP contribution in [0.4, 0.5) is 0 Å². The summed E-state index contributed by atoms with van der Waals surface area (Å²) in [5.41, 5.74) is 6.25. The minimum atomic E-state index is -0.00407. The van der Waals surface area contributed by atoms with E-state index in [-0.39, 0.29) is 5.91 Å². The molecule has 2 rings (SSSR count). The highest BCUT2D eigenvalue weighted by molar-refractivity contribution is 6.00. The summed E-state index contributed by atoms with van der Waals surface area (Å²) in [7, 11) is 0. The number of nitrogens with zero attached hydrogens (tertiary/aromatic N) is 3. The Balaban J connectivity index is 2.30. The fourth-order valence-electron chi connectivity index (χ4n) is 1.43. The van der Waals surface area contributed by atoms with Crippen molar-refractivity contribution in [3.63, 3.8) is 0 Å². The van der Waals surface area contributed by atoms with Crippen molar-refractivity contribution in [1.82, 2.24) is 9.91 Å². The molecular formula is C9H12N4O.